The third-order valence-electron chi connectivity index (χ3n) is 2.45. The van der Waals surface area contributed by atoms with Crippen LogP contribution in [0.1, 0.15) is 10.5 Å². The van der Waals surface area contributed by atoms with Crippen molar-refractivity contribution in [2.75, 3.05) is 19.0 Å². The summed E-state index contributed by atoms with van der Waals surface area (Å²) in [6.07, 6.45) is 0. The second-order valence-electron chi connectivity index (χ2n) is 3.91. The minimum Gasteiger partial charge on any atom is -0.476 e. The van der Waals surface area contributed by atoms with E-state index in [0.29, 0.717) is 5.69 Å². The monoisotopic (exact) mass is 250 g/mol. The van der Waals surface area contributed by atoms with Crippen molar-refractivity contribution in [2.24, 2.45) is 0 Å². The number of halogens is 1. The summed E-state index contributed by atoms with van der Waals surface area (Å²) in [4.78, 5) is 12.4. The first-order chi connectivity index (χ1) is 8.50. The maximum absolute atomic E-state index is 13.8. The van der Waals surface area contributed by atoms with Gasteiger partial charge in [-0.3, -0.25) is 0 Å². The molecule has 1 heterocycles. The zero-order valence-electron chi connectivity index (χ0n) is 9.85. The van der Waals surface area contributed by atoms with E-state index in [4.69, 9.17) is 9.63 Å². The molecule has 1 aromatic heterocycles. The van der Waals surface area contributed by atoms with Crippen LogP contribution in [-0.2, 0) is 0 Å². The van der Waals surface area contributed by atoms with E-state index in [2.05, 4.69) is 5.16 Å². The molecule has 18 heavy (non-hydrogen) atoms. The van der Waals surface area contributed by atoms with Crippen LogP contribution >= 0.6 is 0 Å². The minimum atomic E-state index is -1.22. The summed E-state index contributed by atoms with van der Waals surface area (Å²) in [5.74, 6) is -1.61. The smallest absolute Gasteiger partial charge is 0.358 e. The highest BCUT2D eigenvalue weighted by molar-refractivity contribution is 5.87. The van der Waals surface area contributed by atoms with Gasteiger partial charge in [-0.1, -0.05) is 11.2 Å². The van der Waals surface area contributed by atoms with Crippen molar-refractivity contribution in [3.05, 3.63) is 35.8 Å². The standard InChI is InChI=1S/C12H11FN2O3/c1-15(2)9-5-3-4-7(13)11(9)10-6-8(12(16)17)14-18-10/h3-6H,1-2H3,(H,16,17). The molecule has 0 aliphatic heterocycles. The van der Waals surface area contributed by atoms with E-state index in [-0.39, 0.29) is 17.0 Å². The molecule has 5 nitrogen and oxygen atoms in total. The molecule has 2 aromatic rings. The fourth-order valence-corrected chi connectivity index (χ4v) is 1.62. The summed E-state index contributed by atoms with van der Waals surface area (Å²) in [6.45, 7) is 0. The molecule has 0 saturated heterocycles. The number of rotatable bonds is 3. The van der Waals surface area contributed by atoms with Gasteiger partial charge in [-0.15, -0.1) is 0 Å². The third-order valence-corrected chi connectivity index (χ3v) is 2.45. The molecule has 0 radical (unpaired) electrons. The van der Waals surface area contributed by atoms with Gasteiger partial charge in [-0.2, -0.15) is 0 Å². The predicted octanol–water partition coefficient (Wildman–Crippen LogP) is 2.24. The maximum Gasteiger partial charge on any atom is 0.358 e. The number of carboxylic acid groups (broad SMARTS) is 1. The van der Waals surface area contributed by atoms with Crippen LogP contribution in [0.2, 0.25) is 0 Å². The Labute approximate surface area is 102 Å². The summed E-state index contributed by atoms with van der Waals surface area (Å²) >= 11 is 0. The number of hydrogen-bond donors (Lipinski definition) is 1. The quantitative estimate of drug-likeness (QED) is 0.904. The van der Waals surface area contributed by atoms with E-state index in [1.165, 1.54) is 12.1 Å². The highest BCUT2D eigenvalue weighted by atomic mass is 19.1. The Kier molecular flexibility index (Phi) is 3.01. The van der Waals surface area contributed by atoms with Crippen LogP contribution < -0.4 is 4.90 Å². The lowest BCUT2D eigenvalue weighted by Gasteiger charge is -2.16. The molecule has 0 amide bonds. The Hall–Kier alpha value is -2.37. The average molecular weight is 250 g/mol. The van der Waals surface area contributed by atoms with Crippen molar-refractivity contribution < 1.29 is 18.8 Å². The Bertz CT molecular complexity index is 593. The molecular weight excluding hydrogens is 239 g/mol. The first-order valence-corrected chi connectivity index (χ1v) is 5.17. The lowest BCUT2D eigenvalue weighted by atomic mass is 10.1. The maximum atomic E-state index is 13.8. The first kappa shape index (κ1) is 12.1. The predicted molar refractivity (Wildman–Crippen MR) is 63.2 cm³/mol. The van der Waals surface area contributed by atoms with Crippen molar-refractivity contribution in [3.63, 3.8) is 0 Å². The fraction of sp³-hybridized carbons (Fsp3) is 0.167. The summed E-state index contributed by atoms with van der Waals surface area (Å²) < 4.78 is 18.7. The van der Waals surface area contributed by atoms with Crippen LogP contribution in [0.15, 0.2) is 28.8 Å². The van der Waals surface area contributed by atoms with Crippen LogP contribution in [0.5, 0.6) is 0 Å². The lowest BCUT2D eigenvalue weighted by Crippen LogP contribution is -2.10. The van der Waals surface area contributed by atoms with Crippen LogP contribution in [0, 0.1) is 5.82 Å². The number of aromatic nitrogens is 1. The first-order valence-electron chi connectivity index (χ1n) is 5.17. The molecule has 0 atom stereocenters. The number of benzene rings is 1. The van der Waals surface area contributed by atoms with E-state index in [9.17, 15) is 9.18 Å². The Morgan fingerprint density at radius 1 is 1.44 bits per heavy atom. The molecule has 94 valence electrons. The fourth-order valence-electron chi connectivity index (χ4n) is 1.62. The number of carbonyl (C=O) groups is 1. The molecule has 6 heteroatoms. The van der Waals surface area contributed by atoms with E-state index in [1.54, 1.807) is 31.1 Å². The van der Waals surface area contributed by atoms with Gasteiger partial charge in [0.1, 0.15) is 5.82 Å². The van der Waals surface area contributed by atoms with Crippen molar-refractivity contribution in [1.29, 1.82) is 0 Å². The number of carboxylic acids is 1. The molecule has 0 aliphatic carbocycles. The lowest BCUT2D eigenvalue weighted by molar-refractivity contribution is 0.0686. The molecule has 0 aliphatic rings. The molecule has 1 N–H and O–H groups in total. The third kappa shape index (κ3) is 2.04. The van der Waals surface area contributed by atoms with Gasteiger partial charge in [0.25, 0.3) is 0 Å². The van der Waals surface area contributed by atoms with Crippen molar-refractivity contribution >= 4 is 11.7 Å². The van der Waals surface area contributed by atoms with E-state index >= 15 is 0 Å². The highest BCUT2D eigenvalue weighted by Crippen LogP contribution is 2.32. The van der Waals surface area contributed by atoms with Gasteiger partial charge in [-0.25, -0.2) is 9.18 Å². The van der Waals surface area contributed by atoms with Crippen LogP contribution in [0.3, 0.4) is 0 Å². The zero-order valence-corrected chi connectivity index (χ0v) is 9.85. The largest absolute Gasteiger partial charge is 0.476 e. The summed E-state index contributed by atoms with van der Waals surface area (Å²) in [7, 11) is 3.51. The number of hydrogen-bond acceptors (Lipinski definition) is 4. The van der Waals surface area contributed by atoms with Crippen molar-refractivity contribution in [3.8, 4) is 11.3 Å². The van der Waals surface area contributed by atoms with Crippen molar-refractivity contribution in [1.82, 2.24) is 5.16 Å². The second-order valence-corrected chi connectivity index (χ2v) is 3.91. The molecular formula is C12H11FN2O3. The van der Waals surface area contributed by atoms with Gasteiger partial charge in [0.05, 0.1) is 11.3 Å². The van der Waals surface area contributed by atoms with Gasteiger partial charge in [-0.05, 0) is 12.1 Å². The normalized spacial score (nSPS) is 10.4. The summed E-state index contributed by atoms with van der Waals surface area (Å²) in [5, 5.41) is 12.1. The van der Waals surface area contributed by atoms with Gasteiger partial charge >= 0.3 is 5.97 Å². The molecule has 0 unspecified atom stereocenters. The Balaban J connectivity index is 2.58. The Morgan fingerprint density at radius 3 is 2.72 bits per heavy atom. The molecule has 2 rings (SSSR count). The van der Waals surface area contributed by atoms with E-state index in [0.717, 1.165) is 0 Å². The molecule has 1 aromatic carbocycles. The minimum absolute atomic E-state index is 0.0919. The van der Waals surface area contributed by atoms with Gasteiger partial charge < -0.3 is 14.5 Å². The number of aromatic carboxylic acids is 1. The SMILES string of the molecule is CN(C)c1cccc(F)c1-c1cc(C(=O)O)no1. The zero-order chi connectivity index (χ0) is 13.3. The summed E-state index contributed by atoms with van der Waals surface area (Å²) in [5.41, 5.74) is 0.531. The number of nitrogens with zero attached hydrogens (tertiary/aromatic N) is 2. The van der Waals surface area contributed by atoms with Gasteiger partial charge in [0.2, 0.25) is 0 Å². The van der Waals surface area contributed by atoms with Gasteiger partial charge in [0, 0.05) is 20.2 Å². The Morgan fingerprint density at radius 2 is 2.17 bits per heavy atom. The van der Waals surface area contributed by atoms with Gasteiger partial charge in [0.15, 0.2) is 11.5 Å². The molecule has 0 spiro atoms. The van der Waals surface area contributed by atoms with Crippen LogP contribution in [0.4, 0.5) is 10.1 Å². The molecule has 0 fully saturated rings. The highest BCUT2D eigenvalue weighted by Gasteiger charge is 2.19. The second kappa shape index (κ2) is 4.48. The van der Waals surface area contributed by atoms with E-state index < -0.39 is 11.8 Å². The topological polar surface area (TPSA) is 66.6 Å². The molecule has 0 bridgehead atoms. The molecule has 0 saturated carbocycles. The van der Waals surface area contributed by atoms with Crippen LogP contribution in [0.25, 0.3) is 11.3 Å². The summed E-state index contributed by atoms with van der Waals surface area (Å²) in [6, 6.07) is 5.77. The van der Waals surface area contributed by atoms with Crippen molar-refractivity contribution in [2.45, 2.75) is 0 Å². The van der Waals surface area contributed by atoms with E-state index in [1.807, 2.05) is 0 Å². The number of anilines is 1. The van der Waals surface area contributed by atoms with Crippen LogP contribution in [-0.4, -0.2) is 30.3 Å². The average Bonchev–Trinajstić information content (AvgIpc) is 2.77.